The van der Waals surface area contributed by atoms with E-state index in [2.05, 4.69) is 17.0 Å². The van der Waals surface area contributed by atoms with E-state index in [1.54, 1.807) is 15.4 Å². The molecule has 1 aromatic heterocycles. The van der Waals surface area contributed by atoms with Gasteiger partial charge in [0.05, 0.1) is 19.2 Å². The number of aromatic nitrogens is 4. The minimum absolute atomic E-state index is 0.0751. The van der Waals surface area contributed by atoms with Crippen molar-refractivity contribution in [3.63, 3.8) is 0 Å². The molecule has 3 heterocycles. The van der Waals surface area contributed by atoms with Gasteiger partial charge in [-0.15, -0.1) is 6.58 Å². The minimum atomic E-state index is -0.705. The van der Waals surface area contributed by atoms with E-state index in [4.69, 9.17) is 21.7 Å². The zero-order valence-corrected chi connectivity index (χ0v) is 10.4. The molecule has 96 valence electrons. The highest BCUT2D eigenvalue weighted by atomic mass is 32.1. The summed E-state index contributed by atoms with van der Waals surface area (Å²) in [5, 5.41) is 7.93. The molecule has 0 aromatic carbocycles. The van der Waals surface area contributed by atoms with Crippen molar-refractivity contribution in [3.8, 4) is 0 Å². The fourth-order valence-electron chi connectivity index (χ4n) is 2.20. The van der Waals surface area contributed by atoms with Crippen molar-refractivity contribution < 1.29 is 14.3 Å². The number of rotatable bonds is 3. The maximum Gasteiger partial charge on any atom is 0.218 e. The van der Waals surface area contributed by atoms with E-state index < -0.39 is 6.29 Å². The Hall–Kier alpha value is -1.38. The second-order valence-corrected chi connectivity index (χ2v) is 4.62. The maximum absolute atomic E-state index is 11.7. The first-order valence-corrected chi connectivity index (χ1v) is 6.04. The second-order valence-electron chi connectivity index (χ2n) is 4.25. The van der Waals surface area contributed by atoms with Crippen LogP contribution in [0.5, 0.6) is 0 Å². The molecule has 3 atom stereocenters. The van der Waals surface area contributed by atoms with Crippen LogP contribution in [0.1, 0.15) is 12.5 Å². The van der Waals surface area contributed by atoms with Crippen LogP contribution < -0.4 is 0 Å². The molecule has 0 N–H and O–H groups in total. The second kappa shape index (κ2) is 4.38. The number of tetrazole rings is 1. The topological polar surface area (TPSA) is 71.2 Å². The lowest BCUT2D eigenvalue weighted by atomic mass is 10.0. The van der Waals surface area contributed by atoms with Crippen molar-refractivity contribution in [2.75, 3.05) is 6.61 Å². The van der Waals surface area contributed by atoms with E-state index >= 15 is 0 Å². The van der Waals surface area contributed by atoms with Gasteiger partial charge in [0.15, 0.2) is 5.78 Å². The standard InChI is InChI=1S/C10H12N4O3S/c1-2-3-13-10(18)14(12-11-13)6-4-7(15)9-16-5-8(6)17-9/h2,6,8-9H,1,3-5H2/t6-,8-,9+/m1/s1. The molecular formula is C10H12N4O3S. The summed E-state index contributed by atoms with van der Waals surface area (Å²) >= 11 is 5.27. The number of ketones is 1. The van der Waals surface area contributed by atoms with Gasteiger partial charge < -0.3 is 9.47 Å². The number of fused-ring (bicyclic) bond motifs is 2. The van der Waals surface area contributed by atoms with Crippen molar-refractivity contribution in [1.82, 2.24) is 19.8 Å². The van der Waals surface area contributed by atoms with Crippen LogP contribution in [-0.4, -0.2) is 44.6 Å². The van der Waals surface area contributed by atoms with Crippen molar-refractivity contribution in [3.05, 3.63) is 17.4 Å². The molecule has 8 heteroatoms. The zero-order valence-electron chi connectivity index (χ0n) is 9.56. The monoisotopic (exact) mass is 268 g/mol. The molecule has 2 aliphatic heterocycles. The molecule has 0 amide bonds. The van der Waals surface area contributed by atoms with Gasteiger partial charge in [-0.2, -0.15) is 0 Å². The van der Waals surface area contributed by atoms with Crippen LogP contribution in [0, 0.1) is 4.77 Å². The smallest absolute Gasteiger partial charge is 0.218 e. The largest absolute Gasteiger partial charge is 0.343 e. The third kappa shape index (κ3) is 1.73. The lowest BCUT2D eigenvalue weighted by molar-refractivity contribution is -0.156. The maximum atomic E-state index is 11.7. The number of carbonyl (C=O) groups is 1. The summed E-state index contributed by atoms with van der Waals surface area (Å²) in [6, 6.07) is -0.234. The molecule has 0 saturated carbocycles. The molecule has 0 unspecified atom stereocenters. The van der Waals surface area contributed by atoms with Gasteiger partial charge in [0.2, 0.25) is 11.1 Å². The van der Waals surface area contributed by atoms with Crippen molar-refractivity contribution in [2.24, 2.45) is 0 Å². The van der Waals surface area contributed by atoms with Crippen molar-refractivity contribution >= 4 is 18.0 Å². The number of allylic oxidation sites excluding steroid dienone is 1. The Bertz CT molecular complexity index is 552. The van der Waals surface area contributed by atoms with Gasteiger partial charge in [0.1, 0.15) is 6.10 Å². The highest BCUT2D eigenvalue weighted by Crippen LogP contribution is 2.32. The van der Waals surface area contributed by atoms with Gasteiger partial charge >= 0.3 is 0 Å². The normalized spacial score (nSPS) is 30.7. The van der Waals surface area contributed by atoms with Crippen LogP contribution in [0.3, 0.4) is 0 Å². The molecule has 1 aromatic rings. The number of nitrogens with zero attached hydrogens (tertiary/aromatic N) is 4. The predicted octanol–water partition coefficient (Wildman–Crippen LogP) is 0.250. The highest BCUT2D eigenvalue weighted by Gasteiger charge is 2.44. The first kappa shape index (κ1) is 11.7. The van der Waals surface area contributed by atoms with Gasteiger partial charge in [0.25, 0.3) is 0 Å². The summed E-state index contributed by atoms with van der Waals surface area (Å²) in [4.78, 5) is 11.7. The minimum Gasteiger partial charge on any atom is -0.343 e. The lowest BCUT2D eigenvalue weighted by Gasteiger charge is -2.25. The zero-order chi connectivity index (χ0) is 12.7. The number of hydrogen-bond acceptors (Lipinski definition) is 6. The van der Waals surface area contributed by atoms with E-state index in [0.29, 0.717) is 24.3 Å². The van der Waals surface area contributed by atoms with Gasteiger partial charge in [0, 0.05) is 6.42 Å². The average molecular weight is 268 g/mol. The molecule has 0 radical (unpaired) electrons. The van der Waals surface area contributed by atoms with Gasteiger partial charge in [-0.25, -0.2) is 9.36 Å². The van der Waals surface area contributed by atoms with Crippen LogP contribution in [0.15, 0.2) is 12.7 Å². The van der Waals surface area contributed by atoms with Crippen LogP contribution in [0.25, 0.3) is 0 Å². The highest BCUT2D eigenvalue weighted by molar-refractivity contribution is 7.71. The van der Waals surface area contributed by atoms with Gasteiger partial charge in [-0.1, -0.05) is 6.08 Å². The van der Waals surface area contributed by atoms with Crippen molar-refractivity contribution in [2.45, 2.75) is 31.4 Å². The SMILES string of the molecule is C=CCn1nnn([C@@H]2CC(=O)[C@H]3OC[C@H]2O3)c1=S. The Balaban J connectivity index is 1.92. The number of hydrogen-bond donors (Lipinski definition) is 0. The van der Waals surface area contributed by atoms with E-state index in [1.807, 2.05) is 0 Å². The third-order valence-corrected chi connectivity index (χ3v) is 3.49. The van der Waals surface area contributed by atoms with Crippen LogP contribution >= 0.6 is 12.2 Å². The molecule has 3 rings (SSSR count). The summed E-state index contributed by atoms with van der Waals surface area (Å²) in [7, 11) is 0. The number of carbonyl (C=O) groups excluding carboxylic acids is 1. The van der Waals surface area contributed by atoms with Crippen LogP contribution in [0.4, 0.5) is 0 Å². The summed E-state index contributed by atoms with van der Waals surface area (Å²) in [5.74, 6) is -0.0751. The Morgan fingerprint density at radius 1 is 1.56 bits per heavy atom. The van der Waals surface area contributed by atoms with Crippen molar-refractivity contribution in [1.29, 1.82) is 0 Å². The summed E-state index contributed by atoms with van der Waals surface area (Å²) in [6.45, 7) is 4.50. The third-order valence-electron chi connectivity index (χ3n) is 3.09. The van der Waals surface area contributed by atoms with E-state index in [1.165, 1.54) is 0 Å². The van der Waals surface area contributed by atoms with Crippen LogP contribution in [0.2, 0.25) is 0 Å². The Morgan fingerprint density at radius 3 is 3.17 bits per heavy atom. The van der Waals surface area contributed by atoms with E-state index in [-0.39, 0.29) is 17.9 Å². The molecule has 18 heavy (non-hydrogen) atoms. The fourth-order valence-corrected chi connectivity index (χ4v) is 2.48. The van der Waals surface area contributed by atoms with Crippen LogP contribution in [-0.2, 0) is 20.8 Å². The first-order valence-electron chi connectivity index (χ1n) is 5.63. The molecule has 0 aliphatic carbocycles. The fraction of sp³-hybridized carbons (Fsp3) is 0.600. The van der Waals surface area contributed by atoms with E-state index in [9.17, 15) is 4.79 Å². The van der Waals surface area contributed by atoms with Gasteiger partial charge in [-0.05, 0) is 22.6 Å². The van der Waals surface area contributed by atoms with Gasteiger partial charge in [-0.3, -0.25) is 4.79 Å². The first-order chi connectivity index (χ1) is 8.70. The lowest BCUT2D eigenvalue weighted by Crippen LogP contribution is -2.37. The summed E-state index contributed by atoms with van der Waals surface area (Å²) in [6.07, 6.45) is 1.11. The number of ether oxygens (including phenoxy) is 2. The molecule has 2 saturated heterocycles. The predicted molar refractivity (Wildman–Crippen MR) is 62.3 cm³/mol. The molecule has 0 spiro atoms. The summed E-state index contributed by atoms with van der Waals surface area (Å²) < 4.78 is 14.3. The quantitative estimate of drug-likeness (QED) is 0.578. The Morgan fingerprint density at radius 2 is 2.39 bits per heavy atom. The molecule has 2 fully saturated rings. The summed E-state index contributed by atoms with van der Waals surface area (Å²) in [5.41, 5.74) is 0. The Kier molecular flexibility index (Phi) is 2.84. The van der Waals surface area contributed by atoms with E-state index in [0.717, 1.165) is 0 Å². The Labute approximate surface area is 108 Å². The average Bonchev–Trinajstić information content (AvgIpc) is 2.93. The molecule has 2 aliphatic rings. The molecular weight excluding hydrogens is 256 g/mol. The molecule has 7 nitrogen and oxygen atoms in total. The number of Topliss-reactive ketones (excluding diaryl/α,β-unsaturated/α-hetero) is 1. The molecule has 2 bridgehead atoms.